The van der Waals surface area contributed by atoms with Crippen molar-refractivity contribution in [1.29, 1.82) is 0 Å². The summed E-state index contributed by atoms with van der Waals surface area (Å²) in [7, 11) is 0.511. The fourth-order valence-corrected chi connectivity index (χ4v) is 7.43. The van der Waals surface area contributed by atoms with Crippen LogP contribution >= 0.6 is 22.9 Å². The molecule has 0 saturated heterocycles. The van der Waals surface area contributed by atoms with E-state index in [-0.39, 0.29) is 28.8 Å². The number of likely N-dealkylation sites (N-methyl/N-ethyl adjacent to an activating group) is 1. The van der Waals surface area contributed by atoms with E-state index in [4.69, 9.17) is 21.1 Å². The highest BCUT2D eigenvalue weighted by molar-refractivity contribution is 7.93. The van der Waals surface area contributed by atoms with Gasteiger partial charge < -0.3 is 20.1 Å². The van der Waals surface area contributed by atoms with Crippen molar-refractivity contribution in [2.75, 3.05) is 30.9 Å². The number of methoxy groups -OCH3 is 2. The molecule has 0 aliphatic heterocycles. The number of sulfonamides is 1. The first kappa shape index (κ1) is 28.4. The molecule has 0 bridgehead atoms. The second-order valence-corrected chi connectivity index (χ2v) is 12.2. The Labute approximate surface area is 232 Å². The summed E-state index contributed by atoms with van der Waals surface area (Å²) >= 11 is 7.69. The summed E-state index contributed by atoms with van der Waals surface area (Å²) < 4.78 is 55.2. The van der Waals surface area contributed by atoms with Crippen molar-refractivity contribution in [1.82, 2.24) is 10.3 Å². The quantitative estimate of drug-likeness (QED) is 0.321. The number of aryl methyl sites for hydroxylation is 1. The number of ether oxygens (including phenoxy) is 2. The maximum atomic E-state index is 15.5. The van der Waals surface area contributed by atoms with Crippen LogP contribution in [0.1, 0.15) is 36.9 Å². The summed E-state index contributed by atoms with van der Waals surface area (Å²) in [6, 6.07) is 7.69. The number of nitrogens with zero attached hydrogens (tertiary/aromatic N) is 2. The third-order valence-corrected chi connectivity index (χ3v) is 9.86. The second-order valence-electron chi connectivity index (χ2n) is 9.15. The molecule has 1 aliphatic rings. The van der Waals surface area contributed by atoms with E-state index < -0.39 is 20.7 Å². The molecule has 0 radical (unpaired) electrons. The molecule has 0 unspecified atom stereocenters. The van der Waals surface area contributed by atoms with Crippen LogP contribution in [-0.2, 0) is 16.6 Å². The number of anilines is 2. The predicted molar refractivity (Wildman–Crippen MR) is 150 cm³/mol. The van der Waals surface area contributed by atoms with Gasteiger partial charge in [0.15, 0.2) is 5.13 Å². The van der Waals surface area contributed by atoms with Crippen LogP contribution in [0, 0.1) is 12.7 Å². The molecule has 2 N–H and O–H groups in total. The van der Waals surface area contributed by atoms with Crippen molar-refractivity contribution in [3.8, 4) is 11.5 Å². The molecule has 0 spiro atoms. The first-order valence-corrected chi connectivity index (χ1v) is 15.0. The van der Waals surface area contributed by atoms with Crippen molar-refractivity contribution in [3.05, 3.63) is 57.8 Å². The third-order valence-electron chi connectivity index (χ3n) is 6.70. The molecule has 1 heterocycles. The van der Waals surface area contributed by atoms with Crippen LogP contribution in [0.25, 0.3) is 0 Å². The van der Waals surface area contributed by atoms with Crippen LogP contribution in [0.2, 0.25) is 5.02 Å². The molecule has 2 aromatic carbocycles. The van der Waals surface area contributed by atoms with Gasteiger partial charge in [-0.1, -0.05) is 24.4 Å². The summed E-state index contributed by atoms with van der Waals surface area (Å²) in [5.74, 6) is 0.0978. The maximum absolute atomic E-state index is 15.5. The lowest BCUT2D eigenvalue weighted by molar-refractivity contribution is 0.361. The number of rotatable bonds is 10. The second kappa shape index (κ2) is 12.1. The number of halogens is 2. The fourth-order valence-electron chi connectivity index (χ4n) is 4.65. The molecule has 3 aromatic rings. The molecule has 1 saturated carbocycles. The van der Waals surface area contributed by atoms with E-state index in [0.717, 1.165) is 47.4 Å². The molecule has 38 heavy (non-hydrogen) atoms. The summed E-state index contributed by atoms with van der Waals surface area (Å²) in [6.45, 7) is 1.63. The highest BCUT2D eigenvalue weighted by atomic mass is 35.5. The topological polar surface area (TPSA) is 92.8 Å². The van der Waals surface area contributed by atoms with Crippen molar-refractivity contribution < 1.29 is 22.3 Å². The first-order chi connectivity index (χ1) is 18.2. The number of nitrogens with one attached hydrogen (secondary N) is 2. The van der Waals surface area contributed by atoms with Gasteiger partial charge in [-0.3, -0.25) is 0 Å². The van der Waals surface area contributed by atoms with E-state index in [2.05, 4.69) is 15.6 Å². The Kier molecular flexibility index (Phi) is 9.02. The van der Waals surface area contributed by atoms with Gasteiger partial charge in [-0.05, 0) is 51.1 Å². The Morgan fingerprint density at radius 3 is 2.53 bits per heavy atom. The lowest BCUT2D eigenvalue weighted by Gasteiger charge is -2.33. The number of aromatic nitrogens is 1. The average Bonchev–Trinajstić information content (AvgIpc) is 3.34. The minimum absolute atomic E-state index is 0.0606. The van der Waals surface area contributed by atoms with Crippen LogP contribution in [0.15, 0.2) is 40.6 Å². The van der Waals surface area contributed by atoms with E-state index in [9.17, 15) is 8.42 Å². The van der Waals surface area contributed by atoms with E-state index in [1.165, 1.54) is 20.3 Å². The molecule has 0 amide bonds. The molecule has 1 fully saturated rings. The summed E-state index contributed by atoms with van der Waals surface area (Å²) in [4.78, 5) is 3.85. The third kappa shape index (κ3) is 6.01. The molecule has 206 valence electrons. The van der Waals surface area contributed by atoms with Gasteiger partial charge in [0.1, 0.15) is 22.2 Å². The standard InChI is InChI=1S/C26H32ClFN4O4S2/c1-16-15-37-26(30-16)32(14-17-9-10-18(35-3)11-24(17)36-4)38(33,34)25-12-19(27)23(13-20(25)28)31-22-8-6-5-7-21(22)29-2/h9-13,15,21-22,29,31H,5-8,14H2,1-4H3/t21-,22-/m0/s1. The zero-order chi connectivity index (χ0) is 27.4. The highest BCUT2D eigenvalue weighted by Gasteiger charge is 2.32. The van der Waals surface area contributed by atoms with E-state index >= 15 is 4.39 Å². The van der Waals surface area contributed by atoms with Gasteiger partial charge in [0.2, 0.25) is 0 Å². The smallest absolute Gasteiger partial charge is 0.269 e. The number of hydrogen-bond donors (Lipinski definition) is 2. The molecule has 4 rings (SSSR count). The molecule has 1 aromatic heterocycles. The van der Waals surface area contributed by atoms with Crippen molar-refractivity contribution in [2.45, 2.75) is 56.1 Å². The van der Waals surface area contributed by atoms with Gasteiger partial charge in [0.25, 0.3) is 10.0 Å². The number of thiazole rings is 1. The SMILES string of the molecule is CN[C@H]1CCCC[C@@H]1Nc1cc(F)c(S(=O)(=O)N(Cc2ccc(OC)cc2OC)c2nc(C)cs2)cc1Cl. The van der Waals surface area contributed by atoms with Crippen LogP contribution in [0.5, 0.6) is 11.5 Å². The average molecular weight is 583 g/mol. The minimum Gasteiger partial charge on any atom is -0.497 e. The van der Waals surface area contributed by atoms with Crippen LogP contribution in [0.3, 0.4) is 0 Å². The zero-order valence-corrected chi connectivity index (χ0v) is 24.1. The number of hydrogen-bond acceptors (Lipinski definition) is 8. The maximum Gasteiger partial charge on any atom is 0.269 e. The Morgan fingerprint density at radius 1 is 1.16 bits per heavy atom. The van der Waals surface area contributed by atoms with Gasteiger partial charge >= 0.3 is 0 Å². The molecule has 12 heteroatoms. The van der Waals surface area contributed by atoms with Crippen molar-refractivity contribution in [2.24, 2.45) is 0 Å². The Bertz CT molecular complexity index is 1390. The largest absolute Gasteiger partial charge is 0.497 e. The van der Waals surface area contributed by atoms with Crippen molar-refractivity contribution >= 4 is 43.8 Å². The molecule has 1 aliphatic carbocycles. The van der Waals surface area contributed by atoms with Crippen molar-refractivity contribution in [3.63, 3.8) is 0 Å². The summed E-state index contributed by atoms with van der Waals surface area (Å²) in [5, 5.41) is 8.68. The first-order valence-electron chi connectivity index (χ1n) is 12.3. The van der Waals surface area contributed by atoms with Crippen LogP contribution in [-0.4, -0.2) is 46.8 Å². The zero-order valence-electron chi connectivity index (χ0n) is 21.8. The van der Waals surface area contributed by atoms with E-state index in [1.54, 1.807) is 30.5 Å². The predicted octanol–water partition coefficient (Wildman–Crippen LogP) is 5.60. The lowest BCUT2D eigenvalue weighted by Crippen LogP contribution is -2.44. The van der Waals surface area contributed by atoms with E-state index in [0.29, 0.717) is 28.4 Å². The monoisotopic (exact) mass is 582 g/mol. The van der Waals surface area contributed by atoms with Crippen LogP contribution in [0.4, 0.5) is 15.2 Å². The lowest BCUT2D eigenvalue weighted by atomic mass is 9.90. The highest BCUT2D eigenvalue weighted by Crippen LogP contribution is 2.36. The molecular formula is C26H32ClFN4O4S2. The van der Waals surface area contributed by atoms with Gasteiger partial charge in [-0.15, -0.1) is 11.3 Å². The Balaban J connectivity index is 1.71. The van der Waals surface area contributed by atoms with Gasteiger partial charge in [0, 0.05) is 29.1 Å². The Hall–Kier alpha value is -2.60. The summed E-state index contributed by atoms with van der Waals surface area (Å²) in [6.07, 6.45) is 4.08. The van der Waals surface area contributed by atoms with E-state index in [1.807, 2.05) is 7.05 Å². The van der Waals surface area contributed by atoms with Crippen LogP contribution < -0.4 is 24.4 Å². The van der Waals surface area contributed by atoms with Gasteiger partial charge in [0.05, 0.1) is 37.2 Å². The molecule has 2 atom stereocenters. The normalized spacial score (nSPS) is 17.7. The Morgan fingerprint density at radius 2 is 1.89 bits per heavy atom. The molecule has 8 nitrogen and oxygen atoms in total. The van der Waals surface area contributed by atoms with Gasteiger partial charge in [-0.25, -0.2) is 22.1 Å². The minimum atomic E-state index is -4.40. The number of benzene rings is 2. The summed E-state index contributed by atoms with van der Waals surface area (Å²) in [5.41, 5.74) is 1.57. The fraction of sp³-hybridized carbons (Fsp3) is 0.423. The molecular weight excluding hydrogens is 551 g/mol. The van der Waals surface area contributed by atoms with Gasteiger partial charge in [-0.2, -0.15) is 0 Å².